The molecular weight excluding hydrogens is 230 g/mol. The first kappa shape index (κ1) is 11.7. The van der Waals surface area contributed by atoms with E-state index in [-0.39, 0.29) is 0 Å². The maximum absolute atomic E-state index is 9.30. The minimum atomic E-state index is -1.53. The van der Waals surface area contributed by atoms with Crippen LogP contribution in [0.5, 0.6) is 5.88 Å². The van der Waals surface area contributed by atoms with E-state index in [4.69, 9.17) is 4.74 Å². The molecule has 5 heteroatoms. The number of hydrogen-bond donors (Lipinski definition) is 0. The highest BCUT2D eigenvalue weighted by Gasteiger charge is 2.24. The van der Waals surface area contributed by atoms with Crippen LogP contribution in [-0.4, -0.2) is 24.8 Å². The van der Waals surface area contributed by atoms with Crippen LogP contribution in [0.2, 0.25) is 19.6 Å². The van der Waals surface area contributed by atoms with Crippen molar-refractivity contribution in [3.63, 3.8) is 0 Å². The predicted molar refractivity (Wildman–Crippen MR) is 69.4 cm³/mol. The summed E-state index contributed by atoms with van der Waals surface area (Å²) in [5, 5.41) is 14.7. The fraction of sp³-hybridized carbons (Fsp3) is 0.333. The molecule has 0 atom stereocenters. The van der Waals surface area contributed by atoms with Gasteiger partial charge in [-0.05, 0) is 17.3 Å². The molecule has 0 saturated carbocycles. The van der Waals surface area contributed by atoms with Crippen LogP contribution in [0.3, 0.4) is 0 Å². The first-order valence-electron chi connectivity index (χ1n) is 5.44. The molecule has 0 unspecified atom stereocenters. The van der Waals surface area contributed by atoms with Crippen LogP contribution in [-0.2, 0) is 0 Å². The highest BCUT2D eigenvalue weighted by molar-refractivity contribution is 6.89. The van der Waals surface area contributed by atoms with Crippen LogP contribution < -0.4 is 9.92 Å². The Hall–Kier alpha value is -1.80. The molecule has 2 aromatic heterocycles. The maximum Gasteiger partial charge on any atom is 0.231 e. The molecule has 0 fully saturated rings. The number of nitriles is 1. The molecule has 0 radical (unpaired) electrons. The van der Waals surface area contributed by atoms with Crippen molar-refractivity contribution >= 4 is 18.8 Å². The zero-order valence-electron chi connectivity index (χ0n) is 10.5. The van der Waals surface area contributed by atoms with Gasteiger partial charge < -0.3 is 4.74 Å². The predicted octanol–water partition coefficient (Wildman–Crippen LogP) is 1.76. The van der Waals surface area contributed by atoms with Gasteiger partial charge in [0.1, 0.15) is 11.8 Å². The Bertz CT molecular complexity index is 604. The first-order valence-corrected chi connectivity index (χ1v) is 8.94. The van der Waals surface area contributed by atoms with Crippen molar-refractivity contribution in [1.82, 2.24) is 9.61 Å². The van der Waals surface area contributed by atoms with Crippen molar-refractivity contribution in [2.45, 2.75) is 19.6 Å². The van der Waals surface area contributed by atoms with Gasteiger partial charge in [0.15, 0.2) is 0 Å². The van der Waals surface area contributed by atoms with Crippen molar-refractivity contribution in [1.29, 1.82) is 5.26 Å². The Morgan fingerprint density at radius 1 is 1.35 bits per heavy atom. The third kappa shape index (κ3) is 1.92. The average molecular weight is 245 g/mol. The SMILES string of the molecule is COc1ccc2cc([Si](C)(C)C)c(C#N)n2n1. The zero-order valence-corrected chi connectivity index (χ0v) is 11.5. The van der Waals surface area contributed by atoms with E-state index in [9.17, 15) is 5.26 Å². The van der Waals surface area contributed by atoms with E-state index in [0.717, 1.165) is 10.7 Å². The van der Waals surface area contributed by atoms with Gasteiger partial charge in [-0.2, -0.15) is 5.26 Å². The Kier molecular flexibility index (Phi) is 2.67. The van der Waals surface area contributed by atoms with Crippen LogP contribution in [0.25, 0.3) is 5.52 Å². The molecule has 0 N–H and O–H groups in total. The fourth-order valence-corrected chi connectivity index (χ4v) is 3.28. The van der Waals surface area contributed by atoms with Crippen LogP contribution in [0.15, 0.2) is 18.2 Å². The highest BCUT2D eigenvalue weighted by atomic mass is 28.3. The van der Waals surface area contributed by atoms with E-state index in [1.165, 1.54) is 0 Å². The smallest absolute Gasteiger partial charge is 0.231 e. The topological polar surface area (TPSA) is 50.3 Å². The molecule has 2 heterocycles. The van der Waals surface area contributed by atoms with Crippen molar-refractivity contribution in [2.75, 3.05) is 7.11 Å². The maximum atomic E-state index is 9.30. The summed E-state index contributed by atoms with van der Waals surface area (Å²) in [5.41, 5.74) is 1.58. The van der Waals surface area contributed by atoms with Crippen LogP contribution in [0.4, 0.5) is 0 Å². The molecule has 88 valence electrons. The van der Waals surface area contributed by atoms with Crippen molar-refractivity contribution < 1.29 is 4.74 Å². The summed E-state index contributed by atoms with van der Waals surface area (Å²) in [6, 6.07) is 8.06. The number of fused-ring (bicyclic) bond motifs is 1. The molecule has 0 aliphatic heterocycles. The molecule has 4 nitrogen and oxygen atoms in total. The molecule has 2 rings (SSSR count). The van der Waals surface area contributed by atoms with E-state index in [1.807, 2.05) is 12.1 Å². The lowest BCUT2D eigenvalue weighted by Gasteiger charge is -2.14. The number of nitrogens with zero attached hydrogens (tertiary/aromatic N) is 3. The molecule has 2 aromatic rings. The van der Waals surface area contributed by atoms with Crippen LogP contribution in [0.1, 0.15) is 5.69 Å². The molecule has 0 spiro atoms. The van der Waals surface area contributed by atoms with Gasteiger partial charge in [-0.25, -0.2) is 4.52 Å². The summed E-state index contributed by atoms with van der Waals surface area (Å²) in [4.78, 5) is 0. The lowest BCUT2D eigenvalue weighted by atomic mass is 10.4. The van der Waals surface area contributed by atoms with E-state index in [0.29, 0.717) is 11.6 Å². The lowest BCUT2D eigenvalue weighted by Crippen LogP contribution is -2.38. The Balaban J connectivity index is 2.78. The van der Waals surface area contributed by atoms with Crippen molar-refractivity contribution in [2.24, 2.45) is 0 Å². The molecule has 0 saturated heterocycles. The van der Waals surface area contributed by atoms with Gasteiger partial charge in [-0.1, -0.05) is 19.6 Å². The third-order valence-electron chi connectivity index (χ3n) is 2.72. The number of hydrogen-bond acceptors (Lipinski definition) is 3. The monoisotopic (exact) mass is 245 g/mol. The molecule has 0 aromatic carbocycles. The second-order valence-electron chi connectivity index (χ2n) is 4.98. The van der Waals surface area contributed by atoms with Gasteiger partial charge >= 0.3 is 0 Å². The number of rotatable bonds is 2. The van der Waals surface area contributed by atoms with Crippen molar-refractivity contribution in [3.8, 4) is 11.9 Å². The first-order chi connectivity index (χ1) is 7.97. The van der Waals surface area contributed by atoms with E-state index in [2.05, 4.69) is 36.9 Å². The Labute approximate surface area is 101 Å². The second kappa shape index (κ2) is 3.89. The lowest BCUT2D eigenvalue weighted by molar-refractivity contribution is 0.390. The summed E-state index contributed by atoms with van der Waals surface area (Å²) in [6.45, 7) is 6.67. The van der Waals surface area contributed by atoms with E-state index in [1.54, 1.807) is 11.6 Å². The number of methoxy groups -OCH3 is 1. The average Bonchev–Trinajstić information content (AvgIpc) is 2.65. The quantitative estimate of drug-likeness (QED) is 0.758. The summed E-state index contributed by atoms with van der Waals surface area (Å²) >= 11 is 0. The highest BCUT2D eigenvalue weighted by Crippen LogP contribution is 2.15. The van der Waals surface area contributed by atoms with Gasteiger partial charge in [0.25, 0.3) is 0 Å². The van der Waals surface area contributed by atoms with Gasteiger partial charge in [0.05, 0.1) is 20.7 Å². The third-order valence-corrected chi connectivity index (χ3v) is 4.72. The Morgan fingerprint density at radius 3 is 2.59 bits per heavy atom. The molecule has 17 heavy (non-hydrogen) atoms. The fourth-order valence-electron chi connectivity index (χ4n) is 1.82. The minimum Gasteiger partial charge on any atom is -0.480 e. The van der Waals surface area contributed by atoms with Gasteiger partial charge in [-0.3, -0.25) is 0 Å². The summed E-state index contributed by atoms with van der Waals surface area (Å²) < 4.78 is 6.76. The zero-order chi connectivity index (χ0) is 12.6. The van der Waals surface area contributed by atoms with Crippen LogP contribution >= 0.6 is 0 Å². The molecule has 0 aliphatic rings. The molecule has 0 aliphatic carbocycles. The number of aromatic nitrogens is 2. The molecule has 0 amide bonds. The summed E-state index contributed by atoms with van der Waals surface area (Å²) in [7, 11) is 0.0389. The summed E-state index contributed by atoms with van der Waals surface area (Å²) in [6.07, 6.45) is 0. The van der Waals surface area contributed by atoms with Crippen LogP contribution in [0, 0.1) is 11.3 Å². The standard InChI is InChI=1S/C12H15N3OSi/c1-16-12-6-5-9-7-11(17(2,3)4)10(8-13)15(9)14-12/h5-7H,1-4H3. The van der Waals surface area contributed by atoms with E-state index < -0.39 is 8.07 Å². The normalized spacial score (nSPS) is 11.5. The molecular formula is C12H15N3OSi. The van der Waals surface area contributed by atoms with Crippen molar-refractivity contribution in [3.05, 3.63) is 23.9 Å². The number of ether oxygens (including phenoxy) is 1. The summed E-state index contributed by atoms with van der Waals surface area (Å²) in [5.74, 6) is 0.520. The minimum absolute atomic E-state index is 0.520. The second-order valence-corrected chi connectivity index (χ2v) is 10.0. The van der Waals surface area contributed by atoms with Gasteiger partial charge in [-0.15, -0.1) is 5.10 Å². The van der Waals surface area contributed by atoms with Gasteiger partial charge in [0, 0.05) is 6.07 Å². The Morgan fingerprint density at radius 2 is 2.06 bits per heavy atom. The molecule has 0 bridgehead atoms. The van der Waals surface area contributed by atoms with Gasteiger partial charge in [0.2, 0.25) is 5.88 Å². The largest absolute Gasteiger partial charge is 0.480 e. The van der Waals surface area contributed by atoms with E-state index >= 15 is 0 Å².